The molecular weight excluding hydrogens is 284 g/mol. The van der Waals surface area contributed by atoms with E-state index in [-0.39, 0.29) is 5.89 Å². The smallest absolute Gasteiger partial charge is 0.311 e. The molecule has 0 atom stereocenters. The molecule has 0 fully saturated rings. The molecule has 0 bridgehead atoms. The molecule has 0 spiro atoms. The van der Waals surface area contributed by atoms with E-state index in [9.17, 15) is 4.79 Å². The van der Waals surface area contributed by atoms with Gasteiger partial charge in [-0.15, -0.1) is 0 Å². The standard InChI is InChI=1S/C13H13ClN2O4/c1-7-6-15-13(20-7)12(17)16-9-5-10(18-2)8(14)4-11(9)19-3/h4-6H,1-3H3,(H,16,17). The predicted molar refractivity (Wildman–Crippen MR) is 73.7 cm³/mol. The Bertz CT molecular complexity index is 639. The number of amides is 1. The van der Waals surface area contributed by atoms with Crippen molar-refractivity contribution in [2.24, 2.45) is 0 Å². The van der Waals surface area contributed by atoms with Gasteiger partial charge in [0.15, 0.2) is 0 Å². The summed E-state index contributed by atoms with van der Waals surface area (Å²) in [6.07, 6.45) is 1.47. The van der Waals surface area contributed by atoms with E-state index < -0.39 is 5.91 Å². The van der Waals surface area contributed by atoms with Gasteiger partial charge in [0.25, 0.3) is 5.89 Å². The van der Waals surface area contributed by atoms with Crippen molar-refractivity contribution in [2.45, 2.75) is 6.92 Å². The van der Waals surface area contributed by atoms with Gasteiger partial charge in [-0.3, -0.25) is 4.79 Å². The number of nitrogens with one attached hydrogen (secondary N) is 1. The minimum absolute atomic E-state index is 0.0292. The van der Waals surface area contributed by atoms with Crippen LogP contribution in [0.4, 0.5) is 5.69 Å². The number of ether oxygens (including phenoxy) is 2. The summed E-state index contributed by atoms with van der Waals surface area (Å²) in [4.78, 5) is 15.8. The molecule has 0 saturated heterocycles. The Balaban J connectivity index is 2.30. The van der Waals surface area contributed by atoms with Crippen LogP contribution in [-0.4, -0.2) is 25.1 Å². The van der Waals surface area contributed by atoms with Crippen molar-refractivity contribution in [3.8, 4) is 11.5 Å². The fourth-order valence-electron chi connectivity index (χ4n) is 1.59. The van der Waals surface area contributed by atoms with Gasteiger partial charge in [-0.05, 0) is 6.92 Å². The molecule has 0 aliphatic carbocycles. The number of nitrogens with zero attached hydrogens (tertiary/aromatic N) is 1. The van der Waals surface area contributed by atoms with Crippen LogP contribution >= 0.6 is 11.6 Å². The zero-order chi connectivity index (χ0) is 14.7. The maximum absolute atomic E-state index is 12.0. The number of methoxy groups -OCH3 is 2. The van der Waals surface area contributed by atoms with Gasteiger partial charge < -0.3 is 19.2 Å². The summed E-state index contributed by atoms with van der Waals surface area (Å²) >= 11 is 5.99. The minimum Gasteiger partial charge on any atom is -0.495 e. The van der Waals surface area contributed by atoms with Crippen molar-refractivity contribution in [3.05, 3.63) is 35.0 Å². The summed E-state index contributed by atoms with van der Waals surface area (Å²) in [5, 5.41) is 3.02. The van der Waals surface area contributed by atoms with Crippen LogP contribution in [0.25, 0.3) is 0 Å². The number of aryl methyl sites for hydroxylation is 1. The SMILES string of the molecule is COc1cc(NC(=O)c2ncc(C)o2)c(OC)cc1Cl. The maximum atomic E-state index is 12.0. The Morgan fingerprint density at radius 3 is 2.55 bits per heavy atom. The van der Waals surface area contributed by atoms with Crippen LogP contribution in [0, 0.1) is 6.92 Å². The third-order valence-corrected chi connectivity index (χ3v) is 2.83. The average molecular weight is 297 g/mol. The molecule has 7 heteroatoms. The van der Waals surface area contributed by atoms with Gasteiger partial charge in [-0.1, -0.05) is 11.6 Å². The number of aromatic nitrogens is 1. The molecule has 1 heterocycles. The second kappa shape index (κ2) is 5.83. The zero-order valence-electron chi connectivity index (χ0n) is 11.2. The number of anilines is 1. The van der Waals surface area contributed by atoms with Crippen molar-refractivity contribution < 1.29 is 18.7 Å². The highest BCUT2D eigenvalue weighted by atomic mass is 35.5. The van der Waals surface area contributed by atoms with Crippen LogP contribution in [-0.2, 0) is 0 Å². The normalized spacial score (nSPS) is 10.2. The Kier molecular flexibility index (Phi) is 4.14. The number of carbonyl (C=O) groups is 1. The molecule has 1 N–H and O–H groups in total. The highest BCUT2D eigenvalue weighted by Crippen LogP contribution is 2.36. The van der Waals surface area contributed by atoms with Crippen molar-refractivity contribution in [3.63, 3.8) is 0 Å². The lowest BCUT2D eigenvalue weighted by Gasteiger charge is -2.12. The van der Waals surface area contributed by atoms with Crippen molar-refractivity contribution in [1.82, 2.24) is 4.98 Å². The first-order valence-electron chi connectivity index (χ1n) is 5.70. The second-order valence-corrected chi connectivity index (χ2v) is 4.32. The number of halogens is 1. The molecule has 2 aromatic rings. The quantitative estimate of drug-likeness (QED) is 0.939. The summed E-state index contributed by atoms with van der Waals surface area (Å²) in [6, 6.07) is 3.12. The number of rotatable bonds is 4. The summed E-state index contributed by atoms with van der Waals surface area (Å²) in [7, 11) is 2.96. The lowest BCUT2D eigenvalue weighted by Crippen LogP contribution is -2.13. The Labute approximate surface area is 120 Å². The predicted octanol–water partition coefficient (Wildman–Crippen LogP) is 2.91. The molecule has 6 nitrogen and oxygen atoms in total. The first-order valence-corrected chi connectivity index (χ1v) is 6.08. The van der Waals surface area contributed by atoms with E-state index in [0.717, 1.165) is 0 Å². The summed E-state index contributed by atoms with van der Waals surface area (Å²) in [5.74, 6) is 0.869. The monoisotopic (exact) mass is 296 g/mol. The highest BCUT2D eigenvalue weighted by molar-refractivity contribution is 6.32. The van der Waals surface area contributed by atoms with E-state index in [4.69, 9.17) is 25.5 Å². The number of hydrogen-bond donors (Lipinski definition) is 1. The van der Waals surface area contributed by atoms with Crippen LogP contribution in [0.3, 0.4) is 0 Å². The van der Waals surface area contributed by atoms with Gasteiger partial charge in [-0.25, -0.2) is 4.98 Å². The Morgan fingerprint density at radius 2 is 2.00 bits per heavy atom. The summed E-state index contributed by atoms with van der Waals surface area (Å²) in [5.41, 5.74) is 0.412. The molecular formula is C13H13ClN2O4. The third kappa shape index (κ3) is 2.85. The van der Waals surface area contributed by atoms with E-state index in [1.807, 2.05) is 0 Å². The van der Waals surface area contributed by atoms with Crippen molar-refractivity contribution >= 4 is 23.2 Å². The maximum Gasteiger partial charge on any atom is 0.311 e. The molecule has 0 aliphatic rings. The number of benzene rings is 1. The highest BCUT2D eigenvalue weighted by Gasteiger charge is 2.16. The molecule has 0 radical (unpaired) electrons. The number of carbonyl (C=O) groups excluding carboxylic acids is 1. The largest absolute Gasteiger partial charge is 0.495 e. The lowest BCUT2D eigenvalue weighted by molar-refractivity contribution is 0.0988. The van der Waals surface area contributed by atoms with Gasteiger partial charge in [0.05, 0.1) is 31.1 Å². The molecule has 1 amide bonds. The van der Waals surface area contributed by atoms with Crippen LogP contribution in [0.1, 0.15) is 16.4 Å². The summed E-state index contributed by atoms with van der Waals surface area (Å²) in [6.45, 7) is 1.70. The van der Waals surface area contributed by atoms with Crippen molar-refractivity contribution in [1.29, 1.82) is 0 Å². The van der Waals surface area contributed by atoms with E-state index in [1.165, 1.54) is 20.4 Å². The Morgan fingerprint density at radius 1 is 1.30 bits per heavy atom. The molecule has 0 saturated carbocycles. The van der Waals surface area contributed by atoms with Crippen LogP contribution in [0.2, 0.25) is 5.02 Å². The van der Waals surface area contributed by atoms with Gasteiger partial charge >= 0.3 is 5.91 Å². The second-order valence-electron chi connectivity index (χ2n) is 3.92. The number of hydrogen-bond acceptors (Lipinski definition) is 5. The fraction of sp³-hybridized carbons (Fsp3) is 0.231. The molecule has 106 valence electrons. The molecule has 20 heavy (non-hydrogen) atoms. The van der Waals surface area contributed by atoms with Gasteiger partial charge in [0.2, 0.25) is 0 Å². The zero-order valence-corrected chi connectivity index (χ0v) is 11.9. The molecule has 1 aromatic heterocycles. The first-order chi connectivity index (χ1) is 9.55. The fourth-order valence-corrected chi connectivity index (χ4v) is 1.82. The van der Waals surface area contributed by atoms with Crippen LogP contribution in [0.15, 0.2) is 22.7 Å². The molecule has 2 rings (SSSR count). The average Bonchev–Trinajstić information content (AvgIpc) is 2.87. The molecule has 1 aromatic carbocycles. The van der Waals surface area contributed by atoms with Crippen molar-refractivity contribution in [2.75, 3.05) is 19.5 Å². The topological polar surface area (TPSA) is 73.6 Å². The van der Waals surface area contributed by atoms with E-state index >= 15 is 0 Å². The van der Waals surface area contributed by atoms with E-state index in [0.29, 0.717) is 28.0 Å². The van der Waals surface area contributed by atoms with E-state index in [1.54, 1.807) is 19.1 Å². The Hall–Kier alpha value is -2.21. The van der Waals surface area contributed by atoms with Crippen LogP contribution < -0.4 is 14.8 Å². The van der Waals surface area contributed by atoms with Gasteiger partial charge in [-0.2, -0.15) is 0 Å². The third-order valence-electron chi connectivity index (χ3n) is 2.54. The lowest BCUT2D eigenvalue weighted by atomic mass is 10.2. The number of oxazole rings is 1. The van der Waals surface area contributed by atoms with Crippen LogP contribution in [0.5, 0.6) is 11.5 Å². The molecule has 0 unspecified atom stereocenters. The van der Waals surface area contributed by atoms with E-state index in [2.05, 4.69) is 10.3 Å². The minimum atomic E-state index is -0.485. The summed E-state index contributed by atoms with van der Waals surface area (Å²) < 4.78 is 15.4. The first kappa shape index (κ1) is 14.2. The van der Waals surface area contributed by atoms with Gasteiger partial charge in [0, 0.05) is 12.1 Å². The molecule has 0 aliphatic heterocycles. The van der Waals surface area contributed by atoms with Gasteiger partial charge in [0.1, 0.15) is 17.3 Å².